The van der Waals surface area contributed by atoms with Gasteiger partial charge in [-0.25, -0.2) is 23.0 Å². The van der Waals surface area contributed by atoms with Gasteiger partial charge < -0.3 is 19.2 Å². The Balaban J connectivity index is 2.18. The maximum atomic E-state index is 12.9. The molecule has 0 spiro atoms. The topological polar surface area (TPSA) is 130 Å². The van der Waals surface area contributed by atoms with Gasteiger partial charge in [0.2, 0.25) is 0 Å². The average Bonchev–Trinajstić information content (AvgIpc) is 3.06. The van der Waals surface area contributed by atoms with E-state index in [0.29, 0.717) is 29.1 Å². The molecular formula is C21H25N3O7S. The zero-order chi connectivity index (χ0) is 23.5. The lowest BCUT2D eigenvalue weighted by atomic mass is 10.1. The summed E-state index contributed by atoms with van der Waals surface area (Å²) >= 11 is 0. The highest BCUT2D eigenvalue weighted by Gasteiger charge is 2.26. The molecule has 0 bridgehead atoms. The maximum absolute atomic E-state index is 12.9. The number of methoxy groups -OCH3 is 1. The maximum Gasteiger partial charge on any atom is 0.338 e. The summed E-state index contributed by atoms with van der Waals surface area (Å²) in [4.78, 5) is 32.1. The average molecular weight is 464 g/mol. The second-order valence-electron chi connectivity index (χ2n) is 7.04. The van der Waals surface area contributed by atoms with E-state index in [2.05, 4.69) is 9.97 Å². The van der Waals surface area contributed by atoms with Crippen molar-refractivity contribution in [3.63, 3.8) is 0 Å². The number of aromatic amines is 1. The van der Waals surface area contributed by atoms with Gasteiger partial charge in [-0.1, -0.05) is 0 Å². The number of benzene rings is 1. The molecule has 0 saturated carbocycles. The summed E-state index contributed by atoms with van der Waals surface area (Å²) in [5.41, 5.74) is 0.848. The number of rotatable bonds is 9. The number of H-pyrrole nitrogens is 1. The van der Waals surface area contributed by atoms with Crippen molar-refractivity contribution in [1.29, 1.82) is 0 Å². The van der Waals surface area contributed by atoms with Gasteiger partial charge in [0.15, 0.2) is 5.75 Å². The van der Waals surface area contributed by atoms with Crippen LogP contribution in [0.1, 0.15) is 35.9 Å². The van der Waals surface area contributed by atoms with Gasteiger partial charge in [0.25, 0.3) is 5.88 Å². The number of pyridine rings is 1. The molecule has 11 heteroatoms. The number of hydrogen-bond donors (Lipinski definition) is 1. The fourth-order valence-corrected chi connectivity index (χ4v) is 4.28. The molecule has 0 saturated heterocycles. The third kappa shape index (κ3) is 4.93. The van der Waals surface area contributed by atoms with Crippen molar-refractivity contribution in [3.05, 3.63) is 52.1 Å². The van der Waals surface area contributed by atoms with E-state index in [9.17, 15) is 18.0 Å². The number of sulfone groups is 1. The monoisotopic (exact) mass is 463 g/mol. The summed E-state index contributed by atoms with van der Waals surface area (Å²) in [6.07, 6.45) is 1.09. The molecule has 2 aromatic heterocycles. The van der Waals surface area contributed by atoms with E-state index in [-0.39, 0.29) is 23.8 Å². The second kappa shape index (κ2) is 9.43. The lowest BCUT2D eigenvalue weighted by Gasteiger charge is -2.19. The number of carbonyl (C=O) groups excluding carboxylic acids is 1. The van der Waals surface area contributed by atoms with Crippen molar-refractivity contribution in [2.24, 2.45) is 0 Å². The second-order valence-corrected chi connectivity index (χ2v) is 9.22. The highest BCUT2D eigenvalue weighted by molar-refractivity contribution is 7.90. The molecule has 1 atom stereocenters. The van der Waals surface area contributed by atoms with Crippen LogP contribution in [0.2, 0.25) is 0 Å². The molecule has 10 nitrogen and oxygen atoms in total. The summed E-state index contributed by atoms with van der Waals surface area (Å²) in [5, 5.41) is 0. The van der Waals surface area contributed by atoms with Crippen LogP contribution in [0.25, 0.3) is 11.0 Å². The van der Waals surface area contributed by atoms with E-state index in [1.165, 1.54) is 23.8 Å². The van der Waals surface area contributed by atoms with Gasteiger partial charge in [0, 0.05) is 6.26 Å². The molecule has 0 aliphatic carbocycles. The number of imidazole rings is 1. The molecule has 1 N–H and O–H groups in total. The Bertz CT molecular complexity index is 1290. The zero-order valence-electron chi connectivity index (χ0n) is 18.2. The van der Waals surface area contributed by atoms with E-state index in [0.717, 1.165) is 6.26 Å². The normalized spacial score (nSPS) is 12.5. The van der Waals surface area contributed by atoms with Crippen molar-refractivity contribution in [3.8, 4) is 11.6 Å². The van der Waals surface area contributed by atoms with Crippen LogP contribution < -0.4 is 15.2 Å². The fourth-order valence-electron chi connectivity index (χ4n) is 3.38. The molecule has 32 heavy (non-hydrogen) atoms. The van der Waals surface area contributed by atoms with E-state index >= 15 is 0 Å². The molecule has 172 valence electrons. The Kier molecular flexibility index (Phi) is 6.87. The van der Waals surface area contributed by atoms with Gasteiger partial charge in [0.05, 0.1) is 54.4 Å². The lowest BCUT2D eigenvalue weighted by molar-refractivity contribution is 0.0526. The van der Waals surface area contributed by atoms with Gasteiger partial charge in [-0.3, -0.25) is 4.57 Å². The molecule has 3 aromatic rings. The Morgan fingerprint density at radius 2 is 1.94 bits per heavy atom. The SMILES string of the molecule is CCOC(=O)c1ccc2c(c1)[nH]c(=O)n2[C@H](CS(C)(=O)=O)c1ccc(OC)c(OCC)n1. The van der Waals surface area contributed by atoms with Crippen LogP contribution >= 0.6 is 0 Å². The minimum Gasteiger partial charge on any atom is -0.491 e. The number of carbonyl (C=O) groups is 1. The fraction of sp³-hybridized carbons (Fsp3) is 0.381. The number of nitrogens with zero attached hydrogens (tertiary/aromatic N) is 2. The van der Waals surface area contributed by atoms with Crippen LogP contribution in [0, 0.1) is 0 Å². The van der Waals surface area contributed by atoms with Crippen molar-refractivity contribution in [1.82, 2.24) is 14.5 Å². The highest BCUT2D eigenvalue weighted by atomic mass is 32.2. The standard InChI is InChI=1S/C21H25N3O7S/c1-5-30-19-18(29-3)10-8-14(22-19)17(12-32(4,27)28)24-16-9-7-13(20(25)31-6-2)11-15(16)23-21(24)26/h7-11,17H,5-6,12H2,1-4H3,(H,23,26)/t17-/m1/s1. The van der Waals surface area contributed by atoms with Gasteiger partial charge in [-0.05, 0) is 44.2 Å². The molecule has 0 unspecified atom stereocenters. The predicted molar refractivity (Wildman–Crippen MR) is 118 cm³/mol. The first-order chi connectivity index (χ1) is 15.2. The predicted octanol–water partition coefficient (Wildman–Crippen LogP) is 1.94. The largest absolute Gasteiger partial charge is 0.491 e. The van der Waals surface area contributed by atoms with Crippen LogP contribution in [0.15, 0.2) is 35.1 Å². The Hall–Kier alpha value is -3.34. The first kappa shape index (κ1) is 23.3. The van der Waals surface area contributed by atoms with Crippen LogP contribution in [-0.2, 0) is 14.6 Å². The molecule has 0 aliphatic heterocycles. The van der Waals surface area contributed by atoms with Crippen molar-refractivity contribution in [2.45, 2.75) is 19.9 Å². The van der Waals surface area contributed by atoms with Crippen LogP contribution in [0.5, 0.6) is 11.6 Å². The van der Waals surface area contributed by atoms with Crippen molar-refractivity contribution in [2.75, 3.05) is 32.3 Å². The van der Waals surface area contributed by atoms with Crippen LogP contribution in [0.3, 0.4) is 0 Å². The molecule has 1 aromatic carbocycles. The zero-order valence-corrected chi connectivity index (χ0v) is 19.1. The van der Waals surface area contributed by atoms with Crippen molar-refractivity contribution < 1.29 is 27.4 Å². The number of hydrogen-bond acceptors (Lipinski definition) is 8. The Morgan fingerprint density at radius 1 is 1.19 bits per heavy atom. The molecule has 0 aliphatic rings. The minimum atomic E-state index is -3.51. The minimum absolute atomic E-state index is 0.198. The summed E-state index contributed by atoms with van der Waals surface area (Å²) in [6, 6.07) is 6.85. The van der Waals surface area contributed by atoms with Crippen LogP contribution in [0.4, 0.5) is 0 Å². The Morgan fingerprint density at radius 3 is 2.56 bits per heavy atom. The summed E-state index contributed by atoms with van der Waals surface area (Å²) in [7, 11) is -2.04. The van der Waals surface area contributed by atoms with E-state index in [1.54, 1.807) is 32.0 Å². The van der Waals surface area contributed by atoms with Gasteiger partial charge in [0.1, 0.15) is 9.84 Å². The molecule has 0 amide bonds. The molecule has 3 rings (SSSR count). The van der Waals surface area contributed by atoms with E-state index in [4.69, 9.17) is 14.2 Å². The molecule has 0 fully saturated rings. The Labute approximate surface area is 185 Å². The summed E-state index contributed by atoms with van der Waals surface area (Å²) in [6.45, 7) is 4.03. The third-order valence-corrected chi connectivity index (χ3v) is 5.61. The first-order valence-electron chi connectivity index (χ1n) is 9.95. The molecular weight excluding hydrogens is 438 g/mol. The number of fused-ring (bicyclic) bond motifs is 1. The third-order valence-electron chi connectivity index (χ3n) is 4.69. The molecule has 0 radical (unpaired) electrons. The number of ether oxygens (including phenoxy) is 3. The smallest absolute Gasteiger partial charge is 0.338 e. The molecule has 2 heterocycles. The van der Waals surface area contributed by atoms with Crippen molar-refractivity contribution >= 4 is 26.8 Å². The van der Waals surface area contributed by atoms with Gasteiger partial charge >= 0.3 is 11.7 Å². The highest BCUT2D eigenvalue weighted by Crippen LogP contribution is 2.29. The first-order valence-corrected chi connectivity index (χ1v) is 12.0. The number of esters is 1. The number of aromatic nitrogens is 3. The van der Waals surface area contributed by atoms with Gasteiger partial charge in [-0.2, -0.15) is 0 Å². The van der Waals surface area contributed by atoms with Crippen LogP contribution in [-0.4, -0.2) is 61.3 Å². The summed E-state index contributed by atoms with van der Waals surface area (Å²) < 4.78 is 41.6. The van der Waals surface area contributed by atoms with E-state index < -0.39 is 27.5 Å². The summed E-state index contributed by atoms with van der Waals surface area (Å²) in [5.74, 6) is -0.305. The number of nitrogens with one attached hydrogen (secondary N) is 1. The lowest BCUT2D eigenvalue weighted by Crippen LogP contribution is -2.29. The van der Waals surface area contributed by atoms with Gasteiger partial charge in [-0.15, -0.1) is 0 Å². The quantitative estimate of drug-likeness (QED) is 0.477. The van der Waals surface area contributed by atoms with E-state index in [1.807, 2.05) is 0 Å².